The summed E-state index contributed by atoms with van der Waals surface area (Å²) in [5, 5.41) is 1.55. The Labute approximate surface area is 144 Å². The van der Waals surface area contributed by atoms with E-state index in [1.54, 1.807) is 12.4 Å². The number of hydrogen-bond donors (Lipinski definition) is 1. The Kier molecular flexibility index (Phi) is 3.63. The average molecular weight is 336 g/mol. The predicted molar refractivity (Wildman–Crippen MR) is 96.6 cm³/mol. The smallest absolute Gasteiger partial charge is 0.198 e. The van der Waals surface area contributed by atoms with Crippen molar-refractivity contribution >= 4 is 34.0 Å². The van der Waals surface area contributed by atoms with E-state index in [1.807, 2.05) is 60.5 Å². The van der Waals surface area contributed by atoms with Gasteiger partial charge in [0.2, 0.25) is 0 Å². The van der Waals surface area contributed by atoms with Crippen molar-refractivity contribution in [3.8, 4) is 11.6 Å². The summed E-state index contributed by atoms with van der Waals surface area (Å²) in [4.78, 5) is 18.7. The molecule has 118 valence electrons. The van der Waals surface area contributed by atoms with E-state index >= 15 is 0 Å². The number of aromatic nitrogens is 4. The number of anilines is 2. The summed E-state index contributed by atoms with van der Waals surface area (Å²) < 4.78 is 0. The van der Waals surface area contributed by atoms with Crippen molar-refractivity contribution in [1.82, 2.24) is 19.9 Å². The highest BCUT2D eigenvalue weighted by Gasteiger charge is 2.15. The van der Waals surface area contributed by atoms with Crippen molar-refractivity contribution in [2.24, 2.45) is 0 Å². The van der Waals surface area contributed by atoms with Gasteiger partial charge in [0.25, 0.3) is 0 Å². The minimum atomic E-state index is 0.549. The quantitative estimate of drug-likeness (QED) is 0.601. The summed E-state index contributed by atoms with van der Waals surface area (Å²) in [6.07, 6.45) is 3.44. The predicted octanol–water partition coefficient (Wildman–Crippen LogP) is 4.44. The Bertz CT molecular complexity index is 983. The second kappa shape index (κ2) is 5.94. The molecule has 4 rings (SSSR count). The summed E-state index contributed by atoms with van der Waals surface area (Å²) in [6.45, 7) is 0. The molecule has 2 aromatic carbocycles. The van der Waals surface area contributed by atoms with Gasteiger partial charge in [-0.1, -0.05) is 29.8 Å². The second-order valence-corrected chi connectivity index (χ2v) is 5.80. The highest BCUT2D eigenvalue weighted by molar-refractivity contribution is 6.31. The number of aromatic amines is 1. The molecule has 2 heterocycles. The number of nitrogens with one attached hydrogen (secondary N) is 1. The van der Waals surface area contributed by atoms with Gasteiger partial charge in [0.05, 0.1) is 5.52 Å². The lowest BCUT2D eigenvalue weighted by Gasteiger charge is -2.20. The first-order valence-electron chi connectivity index (χ1n) is 7.48. The Hall–Kier alpha value is -2.92. The maximum Gasteiger partial charge on any atom is 0.198 e. The van der Waals surface area contributed by atoms with Gasteiger partial charge < -0.3 is 9.88 Å². The van der Waals surface area contributed by atoms with Crippen LogP contribution in [0.3, 0.4) is 0 Å². The molecule has 1 N–H and O–H groups in total. The maximum atomic E-state index is 6.19. The molecule has 0 atom stereocenters. The molecule has 0 radical (unpaired) electrons. The van der Waals surface area contributed by atoms with E-state index in [0.717, 1.165) is 22.4 Å². The lowest BCUT2D eigenvalue weighted by molar-refractivity contribution is 1.09. The van der Waals surface area contributed by atoms with Crippen molar-refractivity contribution in [2.45, 2.75) is 0 Å². The molecule has 0 fully saturated rings. The Morgan fingerprint density at radius 1 is 1.04 bits per heavy atom. The van der Waals surface area contributed by atoms with E-state index in [-0.39, 0.29) is 0 Å². The van der Waals surface area contributed by atoms with Crippen LogP contribution in [-0.2, 0) is 0 Å². The maximum absolute atomic E-state index is 6.19. The Morgan fingerprint density at radius 3 is 2.62 bits per heavy atom. The molecule has 0 aliphatic carbocycles. The molecule has 0 saturated carbocycles. The normalized spacial score (nSPS) is 10.9. The number of benzene rings is 2. The summed E-state index contributed by atoms with van der Waals surface area (Å²) in [5.74, 6) is 1.96. The molecular formula is C18H14ClN5. The number of rotatable bonds is 3. The Morgan fingerprint density at radius 2 is 1.88 bits per heavy atom. The lowest BCUT2D eigenvalue weighted by atomic mass is 10.2. The largest absolute Gasteiger partial charge is 0.342 e. The Balaban J connectivity index is 1.96. The molecule has 0 aliphatic heterocycles. The molecule has 5 nitrogen and oxygen atoms in total. The number of H-pyrrole nitrogens is 1. The second-order valence-electron chi connectivity index (χ2n) is 5.36. The van der Waals surface area contributed by atoms with Crippen LogP contribution in [0.2, 0.25) is 5.02 Å². The van der Waals surface area contributed by atoms with Gasteiger partial charge in [0.1, 0.15) is 5.82 Å². The summed E-state index contributed by atoms with van der Waals surface area (Å²) in [5.41, 5.74) is 1.85. The standard InChI is InChI=1S/C18H14ClN5/c1-24(13-5-3-2-4-6-13)18-14-11-12(19)7-8-15(14)22-17(23-18)16-20-9-10-21-16/h2-11H,1H3,(H,20,21). The fraction of sp³-hybridized carbons (Fsp3) is 0.0556. The lowest BCUT2D eigenvalue weighted by Crippen LogP contribution is -2.13. The van der Waals surface area contributed by atoms with Crippen molar-refractivity contribution in [2.75, 3.05) is 11.9 Å². The molecule has 2 aromatic heterocycles. The van der Waals surface area contributed by atoms with Gasteiger partial charge in [-0.05, 0) is 30.3 Å². The van der Waals surface area contributed by atoms with Gasteiger partial charge in [-0.15, -0.1) is 0 Å². The van der Waals surface area contributed by atoms with Gasteiger partial charge in [-0.2, -0.15) is 0 Å². The van der Waals surface area contributed by atoms with Crippen LogP contribution in [0.25, 0.3) is 22.6 Å². The molecule has 0 spiro atoms. The van der Waals surface area contributed by atoms with Crippen molar-refractivity contribution in [1.29, 1.82) is 0 Å². The summed E-state index contributed by atoms with van der Waals surface area (Å²) in [6, 6.07) is 15.7. The van der Waals surface area contributed by atoms with E-state index < -0.39 is 0 Å². The average Bonchev–Trinajstić information content (AvgIpc) is 3.16. The van der Waals surface area contributed by atoms with Crippen molar-refractivity contribution < 1.29 is 0 Å². The van der Waals surface area contributed by atoms with Crippen LogP contribution in [0, 0.1) is 0 Å². The summed E-state index contributed by atoms with van der Waals surface area (Å²) >= 11 is 6.19. The molecule has 0 saturated heterocycles. The first-order valence-corrected chi connectivity index (χ1v) is 7.86. The molecule has 6 heteroatoms. The minimum Gasteiger partial charge on any atom is -0.342 e. The summed E-state index contributed by atoms with van der Waals surface area (Å²) in [7, 11) is 1.98. The third kappa shape index (κ3) is 2.59. The molecule has 24 heavy (non-hydrogen) atoms. The van der Waals surface area contributed by atoms with E-state index in [0.29, 0.717) is 16.7 Å². The van der Waals surface area contributed by atoms with Gasteiger partial charge in [-0.25, -0.2) is 15.0 Å². The van der Waals surface area contributed by atoms with Crippen LogP contribution >= 0.6 is 11.6 Å². The molecule has 0 bridgehead atoms. The van der Waals surface area contributed by atoms with E-state index in [9.17, 15) is 0 Å². The molecular weight excluding hydrogens is 322 g/mol. The topological polar surface area (TPSA) is 57.7 Å². The number of para-hydroxylation sites is 1. The SMILES string of the molecule is CN(c1ccccc1)c1nc(-c2ncc[nH]2)nc2ccc(Cl)cc12. The van der Waals surface area contributed by atoms with E-state index in [1.165, 1.54) is 0 Å². The number of halogens is 1. The van der Waals surface area contributed by atoms with Gasteiger partial charge in [-0.3, -0.25) is 0 Å². The van der Waals surface area contributed by atoms with Gasteiger partial charge in [0, 0.05) is 35.5 Å². The fourth-order valence-corrected chi connectivity index (χ4v) is 2.78. The highest BCUT2D eigenvalue weighted by atomic mass is 35.5. The number of imidazole rings is 1. The fourth-order valence-electron chi connectivity index (χ4n) is 2.61. The third-order valence-corrected chi connectivity index (χ3v) is 4.04. The van der Waals surface area contributed by atoms with E-state index in [4.69, 9.17) is 16.6 Å². The zero-order chi connectivity index (χ0) is 16.5. The van der Waals surface area contributed by atoms with Crippen LogP contribution in [0.1, 0.15) is 0 Å². The number of nitrogens with zero attached hydrogens (tertiary/aromatic N) is 4. The van der Waals surface area contributed by atoms with Crippen LogP contribution < -0.4 is 4.90 Å². The monoisotopic (exact) mass is 335 g/mol. The van der Waals surface area contributed by atoms with Gasteiger partial charge >= 0.3 is 0 Å². The highest BCUT2D eigenvalue weighted by Crippen LogP contribution is 2.31. The molecule has 0 unspecified atom stereocenters. The first-order chi connectivity index (χ1) is 11.7. The third-order valence-electron chi connectivity index (χ3n) is 3.81. The zero-order valence-electron chi connectivity index (χ0n) is 12.9. The molecule has 0 amide bonds. The van der Waals surface area contributed by atoms with Crippen molar-refractivity contribution in [3.05, 3.63) is 65.9 Å². The van der Waals surface area contributed by atoms with Crippen LogP contribution in [0.15, 0.2) is 60.9 Å². The van der Waals surface area contributed by atoms with E-state index in [2.05, 4.69) is 15.0 Å². The minimum absolute atomic E-state index is 0.549. The molecule has 0 aliphatic rings. The first kappa shape index (κ1) is 14.7. The van der Waals surface area contributed by atoms with Crippen LogP contribution in [0.5, 0.6) is 0 Å². The zero-order valence-corrected chi connectivity index (χ0v) is 13.7. The number of fused-ring (bicyclic) bond motifs is 1. The molecule has 4 aromatic rings. The van der Waals surface area contributed by atoms with Crippen molar-refractivity contribution in [3.63, 3.8) is 0 Å². The number of hydrogen-bond acceptors (Lipinski definition) is 4. The van der Waals surface area contributed by atoms with Crippen LogP contribution in [0.4, 0.5) is 11.5 Å². The van der Waals surface area contributed by atoms with Crippen LogP contribution in [-0.4, -0.2) is 27.0 Å². The van der Waals surface area contributed by atoms with Gasteiger partial charge in [0.15, 0.2) is 11.6 Å².